The van der Waals surface area contributed by atoms with Crippen LogP contribution in [0.1, 0.15) is 47.2 Å². The molecule has 0 fully saturated rings. The van der Waals surface area contributed by atoms with Crippen LogP contribution in [0.3, 0.4) is 0 Å². The molecule has 0 heterocycles. The molecule has 8 rings (SSSR count). The van der Waals surface area contributed by atoms with Gasteiger partial charge in [-0.1, -0.05) is 124 Å². The summed E-state index contributed by atoms with van der Waals surface area (Å²) in [6.45, 7) is 13.6. The summed E-state index contributed by atoms with van der Waals surface area (Å²) in [7, 11) is 0. The molecule has 232 valence electrons. The van der Waals surface area contributed by atoms with E-state index in [4.69, 9.17) is 0 Å². The van der Waals surface area contributed by atoms with E-state index in [1.807, 2.05) is 0 Å². The Morgan fingerprint density at radius 1 is 0.521 bits per heavy atom. The minimum atomic E-state index is -0.139. The minimum Gasteiger partial charge on any atom is -0.310 e. The molecule has 0 unspecified atom stereocenters. The maximum absolute atomic E-state index is 4.52. The molecule has 7 aromatic carbocycles. The number of para-hydroxylation sites is 1. The molecule has 1 aliphatic rings. The summed E-state index contributed by atoms with van der Waals surface area (Å²) in [6, 6.07) is 55.3. The van der Waals surface area contributed by atoms with Crippen molar-refractivity contribution >= 4 is 33.4 Å². The van der Waals surface area contributed by atoms with Gasteiger partial charge in [0.25, 0.3) is 0 Å². The van der Waals surface area contributed by atoms with E-state index in [1.165, 1.54) is 72.1 Å². The van der Waals surface area contributed by atoms with Gasteiger partial charge in [0.2, 0.25) is 0 Å². The fourth-order valence-electron chi connectivity index (χ4n) is 7.54. The van der Waals surface area contributed by atoms with E-state index in [0.29, 0.717) is 0 Å². The Morgan fingerprint density at radius 2 is 1.17 bits per heavy atom. The summed E-state index contributed by atoms with van der Waals surface area (Å²) in [5.74, 6) is 0. The van der Waals surface area contributed by atoms with Crippen molar-refractivity contribution in [3.63, 3.8) is 0 Å². The first-order valence-corrected chi connectivity index (χ1v) is 16.8. The van der Waals surface area contributed by atoms with E-state index < -0.39 is 0 Å². The Hall–Kier alpha value is -5.66. The molecule has 48 heavy (non-hydrogen) atoms. The molecule has 0 spiro atoms. The zero-order valence-corrected chi connectivity index (χ0v) is 28.1. The topological polar surface area (TPSA) is 3.24 Å². The molecule has 0 saturated carbocycles. The Kier molecular flexibility index (Phi) is 7.15. The van der Waals surface area contributed by atoms with Gasteiger partial charge in [0.15, 0.2) is 0 Å². The van der Waals surface area contributed by atoms with Crippen molar-refractivity contribution < 1.29 is 0 Å². The van der Waals surface area contributed by atoms with Gasteiger partial charge >= 0.3 is 0 Å². The van der Waals surface area contributed by atoms with Crippen LogP contribution in [0.5, 0.6) is 0 Å². The maximum Gasteiger partial charge on any atom is 0.0490 e. The molecule has 1 nitrogen and oxygen atoms in total. The third-order valence-electron chi connectivity index (χ3n) is 10.3. The third-order valence-corrected chi connectivity index (χ3v) is 10.3. The van der Waals surface area contributed by atoms with E-state index in [2.05, 4.69) is 191 Å². The van der Waals surface area contributed by atoms with Gasteiger partial charge < -0.3 is 4.90 Å². The predicted molar refractivity (Wildman–Crippen MR) is 206 cm³/mol. The first-order valence-electron chi connectivity index (χ1n) is 16.8. The fourth-order valence-corrected chi connectivity index (χ4v) is 7.54. The number of nitrogens with zero attached hydrogens (tertiary/aromatic N) is 1. The number of hydrogen-bond donors (Lipinski definition) is 0. The second-order valence-corrected chi connectivity index (χ2v) is 13.6. The van der Waals surface area contributed by atoms with Crippen molar-refractivity contribution in [3.05, 3.63) is 192 Å². The molecule has 0 bridgehead atoms. The van der Waals surface area contributed by atoms with Crippen molar-refractivity contribution in [2.45, 2.75) is 33.1 Å². The van der Waals surface area contributed by atoms with Crippen molar-refractivity contribution in [2.75, 3.05) is 4.90 Å². The maximum atomic E-state index is 4.52. The van der Waals surface area contributed by atoms with Crippen LogP contribution >= 0.6 is 0 Å². The molecule has 0 saturated heterocycles. The molecule has 0 atom stereocenters. The highest BCUT2D eigenvalue weighted by Gasteiger charge is 2.36. The van der Waals surface area contributed by atoms with Crippen LogP contribution in [0.25, 0.3) is 38.6 Å². The number of hydrogen-bond acceptors (Lipinski definition) is 1. The second kappa shape index (κ2) is 11.5. The molecule has 0 radical (unpaired) electrons. The molecule has 1 aliphatic carbocycles. The lowest BCUT2D eigenvalue weighted by Crippen LogP contribution is -2.15. The lowest BCUT2D eigenvalue weighted by Gasteiger charge is -2.28. The summed E-state index contributed by atoms with van der Waals surface area (Å²) in [4.78, 5) is 2.39. The van der Waals surface area contributed by atoms with Crippen LogP contribution in [-0.4, -0.2) is 0 Å². The quantitative estimate of drug-likeness (QED) is 0.179. The van der Waals surface area contributed by atoms with Crippen LogP contribution in [0, 0.1) is 13.8 Å². The predicted octanol–water partition coefficient (Wildman–Crippen LogP) is 13.0. The Labute approximate surface area is 284 Å². The van der Waals surface area contributed by atoms with Crippen molar-refractivity contribution in [1.29, 1.82) is 0 Å². The lowest BCUT2D eigenvalue weighted by molar-refractivity contribution is 0.661. The van der Waals surface area contributed by atoms with Gasteiger partial charge in [0.05, 0.1) is 0 Å². The Morgan fingerprint density at radius 3 is 1.92 bits per heavy atom. The Bertz CT molecular complexity index is 2340. The van der Waals surface area contributed by atoms with Gasteiger partial charge in [0.1, 0.15) is 0 Å². The molecule has 0 aliphatic heterocycles. The number of anilines is 3. The molecular weight excluding hydrogens is 579 g/mol. The molecule has 1 heteroatoms. The van der Waals surface area contributed by atoms with Gasteiger partial charge in [-0.3, -0.25) is 0 Å². The largest absolute Gasteiger partial charge is 0.310 e. The molecule has 0 N–H and O–H groups in total. The minimum absolute atomic E-state index is 0.139. The number of fused-ring (bicyclic) bond motifs is 4. The van der Waals surface area contributed by atoms with E-state index >= 15 is 0 Å². The van der Waals surface area contributed by atoms with Crippen molar-refractivity contribution in [3.8, 4) is 22.3 Å². The monoisotopic (exact) mass is 617 g/mol. The lowest BCUT2D eigenvalue weighted by atomic mass is 9.80. The van der Waals surface area contributed by atoms with E-state index in [0.717, 1.165) is 16.9 Å². The second-order valence-electron chi connectivity index (χ2n) is 13.6. The summed E-state index contributed by atoms with van der Waals surface area (Å²) in [5.41, 5.74) is 17.1. The van der Waals surface area contributed by atoms with Crippen molar-refractivity contribution in [2.24, 2.45) is 0 Å². The average molecular weight is 618 g/mol. The van der Waals surface area contributed by atoms with Crippen molar-refractivity contribution in [1.82, 2.24) is 0 Å². The first-order chi connectivity index (χ1) is 23.3. The van der Waals surface area contributed by atoms with Crippen LogP contribution in [0.4, 0.5) is 17.1 Å². The first kappa shape index (κ1) is 29.7. The number of aryl methyl sites for hydroxylation is 2. The SMILES string of the molecule is C=C(c1ccc2c(c1)C(C)(C)c1cc3cc(N(c4ccc(-c5ccccc5)cc4)c4ccccc4C)ccc3cc1-2)c1ccccc1C. The van der Waals surface area contributed by atoms with E-state index in [9.17, 15) is 0 Å². The molecule has 7 aromatic rings. The summed E-state index contributed by atoms with van der Waals surface area (Å²) < 4.78 is 0. The summed E-state index contributed by atoms with van der Waals surface area (Å²) >= 11 is 0. The summed E-state index contributed by atoms with van der Waals surface area (Å²) in [6.07, 6.45) is 0. The zero-order chi connectivity index (χ0) is 33.0. The van der Waals surface area contributed by atoms with Crippen LogP contribution in [-0.2, 0) is 5.41 Å². The Balaban J connectivity index is 1.21. The van der Waals surface area contributed by atoms with Gasteiger partial charge in [-0.05, 0) is 134 Å². The molecular formula is C47H39N. The number of rotatable bonds is 6. The van der Waals surface area contributed by atoms with Crippen LogP contribution < -0.4 is 4.90 Å². The van der Waals surface area contributed by atoms with E-state index in [1.54, 1.807) is 0 Å². The van der Waals surface area contributed by atoms with Gasteiger partial charge in [-0.15, -0.1) is 0 Å². The number of benzene rings is 7. The highest BCUT2D eigenvalue weighted by Crippen LogP contribution is 2.51. The van der Waals surface area contributed by atoms with Crippen LogP contribution in [0.15, 0.2) is 158 Å². The van der Waals surface area contributed by atoms with Gasteiger partial charge in [0, 0.05) is 22.5 Å². The highest BCUT2D eigenvalue weighted by molar-refractivity contribution is 5.97. The third kappa shape index (κ3) is 4.95. The van der Waals surface area contributed by atoms with Gasteiger partial charge in [-0.2, -0.15) is 0 Å². The average Bonchev–Trinajstić information content (AvgIpc) is 3.33. The fraction of sp³-hybridized carbons (Fsp3) is 0.106. The highest BCUT2D eigenvalue weighted by atomic mass is 15.1. The normalized spacial score (nSPS) is 12.8. The molecule has 0 amide bonds. The van der Waals surface area contributed by atoms with E-state index in [-0.39, 0.29) is 5.41 Å². The zero-order valence-electron chi connectivity index (χ0n) is 28.1. The standard InChI is InChI=1S/C47H39N/c1-31-13-9-11-17-41(31)33(3)36-22-26-42-43-28-37-21-25-40(27-38(37)30-45(43)47(4,5)44(42)29-36)48(46-18-12-10-14-32(46)2)39-23-19-35(20-24-39)34-15-7-6-8-16-34/h6-30H,3H2,1-2,4-5H3. The summed E-state index contributed by atoms with van der Waals surface area (Å²) in [5, 5.41) is 2.50. The smallest absolute Gasteiger partial charge is 0.0490 e. The molecule has 0 aromatic heterocycles. The van der Waals surface area contributed by atoms with Crippen LogP contribution in [0.2, 0.25) is 0 Å². The van der Waals surface area contributed by atoms with Gasteiger partial charge in [-0.25, -0.2) is 0 Å².